The molecule has 0 N–H and O–H groups in total. The van der Waals surface area contributed by atoms with Gasteiger partial charge in [-0.05, 0) is 37.2 Å². The highest BCUT2D eigenvalue weighted by molar-refractivity contribution is 5.22. The molecule has 1 nitrogen and oxygen atoms in total. The van der Waals surface area contributed by atoms with E-state index in [0.29, 0.717) is 0 Å². The fraction of sp³-hybridized carbons (Fsp3) is 0.714. The summed E-state index contributed by atoms with van der Waals surface area (Å²) in [5.74, 6) is 0.795. The number of quaternary nitrogens is 1. The molecule has 0 aliphatic rings. The smallest absolute Gasteiger partial charge is 0.104 e. The van der Waals surface area contributed by atoms with Crippen molar-refractivity contribution in [3.05, 3.63) is 35.4 Å². The molecule has 0 atom stereocenters. The monoisotopic (exact) mass is 306 g/mol. The Kier molecular flexibility index (Phi) is 11.3. The molecule has 22 heavy (non-hydrogen) atoms. The molecule has 1 rings (SSSR count). The minimum atomic E-state index is 0.795. The van der Waals surface area contributed by atoms with Crippen molar-refractivity contribution < 1.29 is 4.48 Å². The average molecular weight is 307 g/mol. The van der Waals surface area contributed by atoms with Gasteiger partial charge in [0.25, 0.3) is 0 Å². The van der Waals surface area contributed by atoms with E-state index in [1.165, 1.54) is 49.8 Å². The molecule has 0 aliphatic carbocycles. The lowest BCUT2D eigenvalue weighted by Gasteiger charge is -2.30. The van der Waals surface area contributed by atoms with Crippen molar-refractivity contribution >= 4 is 0 Å². The number of rotatable bonds is 9. The Morgan fingerprint density at radius 1 is 0.909 bits per heavy atom. The Balaban J connectivity index is 0.00000211. The second kappa shape index (κ2) is 11.7. The van der Waals surface area contributed by atoms with Crippen LogP contribution in [0.5, 0.6) is 0 Å². The van der Waals surface area contributed by atoms with Crippen LogP contribution in [0.25, 0.3) is 0 Å². The fourth-order valence-corrected chi connectivity index (χ4v) is 2.63. The molecule has 0 amide bonds. The van der Waals surface area contributed by atoms with E-state index in [1.807, 2.05) is 13.8 Å². The molecule has 0 unspecified atom stereocenters. The summed E-state index contributed by atoms with van der Waals surface area (Å²) in [6.07, 6.45) is 6.51. The zero-order valence-corrected chi connectivity index (χ0v) is 16.3. The van der Waals surface area contributed by atoms with E-state index < -0.39 is 0 Å². The molecule has 0 heterocycles. The van der Waals surface area contributed by atoms with Crippen LogP contribution in [0.4, 0.5) is 0 Å². The van der Waals surface area contributed by atoms with E-state index in [-0.39, 0.29) is 0 Å². The predicted molar refractivity (Wildman–Crippen MR) is 101 cm³/mol. The van der Waals surface area contributed by atoms with Gasteiger partial charge in [0.1, 0.15) is 6.54 Å². The lowest BCUT2D eigenvalue weighted by atomic mass is 10.0. The molecule has 0 aliphatic heterocycles. The topological polar surface area (TPSA) is 0 Å². The highest BCUT2D eigenvalue weighted by Gasteiger charge is 2.15. The molecule has 0 radical (unpaired) electrons. The largest absolute Gasteiger partial charge is 0.325 e. The molecule has 0 fully saturated rings. The van der Waals surface area contributed by atoms with Crippen LogP contribution in [0.15, 0.2) is 24.3 Å². The molecule has 128 valence electrons. The molecule has 1 aromatic rings. The lowest BCUT2D eigenvalue weighted by molar-refractivity contribution is -0.903. The normalized spacial score (nSPS) is 11.3. The maximum absolute atomic E-state index is 2.35. The summed E-state index contributed by atoms with van der Waals surface area (Å²) in [6.45, 7) is 13.3. The summed E-state index contributed by atoms with van der Waals surface area (Å²) in [6, 6.07) is 9.30. The van der Waals surface area contributed by atoms with Gasteiger partial charge in [-0.15, -0.1) is 0 Å². The second-order valence-corrected chi connectivity index (χ2v) is 7.27. The third-order valence-electron chi connectivity index (χ3n) is 4.01. The summed E-state index contributed by atoms with van der Waals surface area (Å²) >= 11 is 0. The highest BCUT2D eigenvalue weighted by Crippen LogP contribution is 2.14. The summed E-state index contributed by atoms with van der Waals surface area (Å²) in [7, 11) is 4.70. The maximum Gasteiger partial charge on any atom is 0.104 e. The Labute approximate surface area is 140 Å². The quantitative estimate of drug-likeness (QED) is 0.384. The summed E-state index contributed by atoms with van der Waals surface area (Å²) in [5, 5.41) is 0. The zero-order chi connectivity index (χ0) is 17.0. The lowest BCUT2D eigenvalue weighted by Crippen LogP contribution is -2.39. The van der Waals surface area contributed by atoms with E-state index in [4.69, 9.17) is 0 Å². The highest BCUT2D eigenvalue weighted by atomic mass is 15.3. The van der Waals surface area contributed by atoms with Crippen molar-refractivity contribution in [1.82, 2.24) is 0 Å². The van der Waals surface area contributed by atoms with Crippen LogP contribution >= 0.6 is 0 Å². The number of unbranched alkanes of at least 4 members (excludes halogenated alkanes) is 2. The minimum Gasteiger partial charge on any atom is -0.325 e. The van der Waals surface area contributed by atoms with Crippen LogP contribution in [-0.4, -0.2) is 25.1 Å². The zero-order valence-electron chi connectivity index (χ0n) is 16.3. The SMILES string of the molecule is CC.CCCCC[N+](C)(C)Cc1ccc(CCC(C)C)cc1. The number of benzene rings is 1. The van der Waals surface area contributed by atoms with Gasteiger partial charge in [0.2, 0.25) is 0 Å². The Morgan fingerprint density at radius 3 is 1.95 bits per heavy atom. The third kappa shape index (κ3) is 10.00. The van der Waals surface area contributed by atoms with Crippen molar-refractivity contribution in [2.75, 3.05) is 20.6 Å². The fourth-order valence-electron chi connectivity index (χ4n) is 2.63. The molecule has 0 saturated carbocycles. The Hall–Kier alpha value is -0.820. The number of hydrogen-bond donors (Lipinski definition) is 0. The van der Waals surface area contributed by atoms with Crippen molar-refractivity contribution in [3.63, 3.8) is 0 Å². The Morgan fingerprint density at radius 2 is 1.45 bits per heavy atom. The first-order valence-electron chi connectivity index (χ1n) is 9.33. The van der Waals surface area contributed by atoms with E-state index in [2.05, 4.69) is 59.1 Å². The van der Waals surface area contributed by atoms with Crippen molar-refractivity contribution in [3.8, 4) is 0 Å². The Bertz CT molecular complexity index is 362. The first-order valence-corrected chi connectivity index (χ1v) is 9.33. The summed E-state index contributed by atoms with van der Waals surface area (Å²) in [5.41, 5.74) is 2.96. The van der Waals surface area contributed by atoms with Gasteiger partial charge in [-0.3, -0.25) is 0 Å². The number of aryl methyl sites for hydroxylation is 1. The van der Waals surface area contributed by atoms with Gasteiger partial charge in [-0.2, -0.15) is 0 Å². The maximum atomic E-state index is 2.35. The third-order valence-corrected chi connectivity index (χ3v) is 4.01. The van der Waals surface area contributed by atoms with E-state index in [9.17, 15) is 0 Å². The van der Waals surface area contributed by atoms with Crippen LogP contribution in [0.2, 0.25) is 0 Å². The molecule has 0 spiro atoms. The summed E-state index contributed by atoms with van der Waals surface area (Å²) in [4.78, 5) is 0. The van der Waals surface area contributed by atoms with Gasteiger partial charge >= 0.3 is 0 Å². The minimum absolute atomic E-state index is 0.795. The van der Waals surface area contributed by atoms with Crippen LogP contribution in [0, 0.1) is 5.92 Å². The summed E-state index contributed by atoms with van der Waals surface area (Å²) < 4.78 is 1.10. The van der Waals surface area contributed by atoms with Crippen molar-refractivity contribution in [2.45, 2.75) is 73.3 Å². The average Bonchev–Trinajstić information content (AvgIpc) is 2.48. The molecule has 1 heteroatoms. The van der Waals surface area contributed by atoms with Crippen LogP contribution in [0.1, 0.15) is 71.4 Å². The van der Waals surface area contributed by atoms with Crippen molar-refractivity contribution in [1.29, 1.82) is 0 Å². The van der Waals surface area contributed by atoms with Crippen LogP contribution < -0.4 is 0 Å². The first-order chi connectivity index (χ1) is 10.4. The van der Waals surface area contributed by atoms with Gasteiger partial charge < -0.3 is 4.48 Å². The number of nitrogens with zero attached hydrogens (tertiary/aromatic N) is 1. The standard InChI is InChI=1S/C19H34N.C2H6/c1-6-7-8-15-20(4,5)16-19-13-11-18(12-14-19)10-9-17(2)3;1-2/h11-14,17H,6-10,15-16H2,1-5H3;1-2H3/q+1;. The van der Waals surface area contributed by atoms with Gasteiger partial charge in [0.05, 0.1) is 20.6 Å². The van der Waals surface area contributed by atoms with Gasteiger partial charge in [0, 0.05) is 5.56 Å². The van der Waals surface area contributed by atoms with Crippen LogP contribution in [0.3, 0.4) is 0 Å². The van der Waals surface area contributed by atoms with Crippen molar-refractivity contribution in [2.24, 2.45) is 5.92 Å². The van der Waals surface area contributed by atoms with Gasteiger partial charge in [-0.25, -0.2) is 0 Å². The van der Waals surface area contributed by atoms with Crippen LogP contribution in [-0.2, 0) is 13.0 Å². The molecular weight excluding hydrogens is 266 g/mol. The van der Waals surface area contributed by atoms with E-state index in [1.54, 1.807) is 0 Å². The van der Waals surface area contributed by atoms with E-state index in [0.717, 1.165) is 16.9 Å². The molecule has 0 aromatic heterocycles. The number of hydrogen-bond acceptors (Lipinski definition) is 0. The molecule has 0 saturated heterocycles. The predicted octanol–water partition coefficient (Wildman–Crippen LogP) is 6.07. The first kappa shape index (κ1) is 21.2. The van der Waals surface area contributed by atoms with Gasteiger partial charge in [-0.1, -0.05) is 65.3 Å². The second-order valence-electron chi connectivity index (χ2n) is 7.27. The molecule has 0 bridgehead atoms. The van der Waals surface area contributed by atoms with Gasteiger partial charge in [0.15, 0.2) is 0 Å². The van der Waals surface area contributed by atoms with E-state index >= 15 is 0 Å². The molecule has 1 aromatic carbocycles. The molecular formula is C21H40N+.